The van der Waals surface area contributed by atoms with Crippen molar-refractivity contribution < 1.29 is 4.52 Å². The molecule has 3 nitrogen and oxygen atoms in total. The SMILES string of the molecule is c1ccc(-c2ncon2)cc1. The van der Waals surface area contributed by atoms with E-state index in [0.29, 0.717) is 5.82 Å². The fraction of sp³-hybridized carbons (Fsp3) is 0. The van der Waals surface area contributed by atoms with Crippen LogP contribution in [0.4, 0.5) is 0 Å². The Balaban J connectivity index is 2.46. The van der Waals surface area contributed by atoms with Gasteiger partial charge >= 0.3 is 0 Å². The number of benzene rings is 1. The minimum Gasteiger partial charge on any atom is -0.342 e. The van der Waals surface area contributed by atoms with E-state index in [-0.39, 0.29) is 0 Å². The van der Waals surface area contributed by atoms with E-state index in [1.165, 1.54) is 6.39 Å². The van der Waals surface area contributed by atoms with E-state index in [1.807, 2.05) is 30.3 Å². The molecule has 3 heteroatoms. The number of aromatic nitrogens is 2. The summed E-state index contributed by atoms with van der Waals surface area (Å²) in [5.41, 5.74) is 0.973. The fourth-order valence-corrected chi connectivity index (χ4v) is 0.885. The maximum Gasteiger partial charge on any atom is 0.214 e. The highest BCUT2D eigenvalue weighted by molar-refractivity contribution is 5.52. The van der Waals surface area contributed by atoms with Gasteiger partial charge in [-0.25, -0.2) is 0 Å². The second kappa shape index (κ2) is 2.54. The third kappa shape index (κ3) is 1.12. The Labute approximate surface area is 63.7 Å². The molecular formula is C8H6N2O. The summed E-state index contributed by atoms with van der Waals surface area (Å²) < 4.78 is 4.61. The molecule has 0 amide bonds. The van der Waals surface area contributed by atoms with E-state index in [4.69, 9.17) is 0 Å². The maximum atomic E-state index is 4.61. The fourth-order valence-electron chi connectivity index (χ4n) is 0.885. The molecule has 0 fully saturated rings. The van der Waals surface area contributed by atoms with E-state index in [0.717, 1.165) is 5.56 Å². The van der Waals surface area contributed by atoms with Crippen LogP contribution in [0.3, 0.4) is 0 Å². The quantitative estimate of drug-likeness (QED) is 0.615. The van der Waals surface area contributed by atoms with Crippen LogP contribution in [0.25, 0.3) is 11.4 Å². The lowest BCUT2D eigenvalue weighted by Gasteiger charge is -1.89. The van der Waals surface area contributed by atoms with Gasteiger partial charge in [0.25, 0.3) is 0 Å². The molecule has 0 unspecified atom stereocenters. The summed E-state index contributed by atoms with van der Waals surface area (Å²) in [6.45, 7) is 0. The third-order valence-corrected chi connectivity index (χ3v) is 1.39. The molecule has 2 aromatic rings. The van der Waals surface area contributed by atoms with Crippen molar-refractivity contribution in [3.63, 3.8) is 0 Å². The topological polar surface area (TPSA) is 38.9 Å². The van der Waals surface area contributed by atoms with E-state index >= 15 is 0 Å². The van der Waals surface area contributed by atoms with Crippen LogP contribution in [0, 0.1) is 0 Å². The molecule has 1 heterocycles. The summed E-state index contributed by atoms with van der Waals surface area (Å²) in [5.74, 6) is 0.630. The molecule has 0 aliphatic heterocycles. The number of hydrogen-bond donors (Lipinski definition) is 0. The number of nitrogens with zero attached hydrogens (tertiary/aromatic N) is 2. The smallest absolute Gasteiger partial charge is 0.214 e. The molecule has 11 heavy (non-hydrogen) atoms. The van der Waals surface area contributed by atoms with Gasteiger partial charge in [-0.2, -0.15) is 4.98 Å². The molecule has 0 aliphatic rings. The Hall–Kier alpha value is -1.64. The van der Waals surface area contributed by atoms with Crippen molar-refractivity contribution >= 4 is 0 Å². The second-order valence-corrected chi connectivity index (χ2v) is 2.12. The highest BCUT2D eigenvalue weighted by Crippen LogP contribution is 2.11. The molecule has 2 rings (SSSR count). The van der Waals surface area contributed by atoms with Crippen LogP contribution in [0.2, 0.25) is 0 Å². The van der Waals surface area contributed by atoms with Gasteiger partial charge in [0.2, 0.25) is 12.2 Å². The molecule has 1 aromatic heterocycles. The first kappa shape index (κ1) is 6.09. The lowest BCUT2D eigenvalue weighted by molar-refractivity contribution is 0.419. The van der Waals surface area contributed by atoms with Crippen LogP contribution >= 0.6 is 0 Å². The first-order valence-corrected chi connectivity index (χ1v) is 3.28. The van der Waals surface area contributed by atoms with Gasteiger partial charge in [0.05, 0.1) is 0 Å². The first-order valence-electron chi connectivity index (χ1n) is 3.28. The molecule has 0 N–H and O–H groups in total. The summed E-state index contributed by atoms with van der Waals surface area (Å²) in [4.78, 5) is 3.91. The van der Waals surface area contributed by atoms with Crippen molar-refractivity contribution in [3.05, 3.63) is 36.7 Å². The Morgan fingerprint density at radius 3 is 2.55 bits per heavy atom. The molecule has 0 bridgehead atoms. The lowest BCUT2D eigenvalue weighted by atomic mass is 10.2. The molecule has 0 aliphatic carbocycles. The van der Waals surface area contributed by atoms with Gasteiger partial charge < -0.3 is 4.52 Å². The van der Waals surface area contributed by atoms with E-state index < -0.39 is 0 Å². The van der Waals surface area contributed by atoms with Gasteiger partial charge in [-0.3, -0.25) is 0 Å². The van der Waals surface area contributed by atoms with Crippen LogP contribution in [0.5, 0.6) is 0 Å². The summed E-state index contributed by atoms with van der Waals surface area (Å²) >= 11 is 0. The minimum absolute atomic E-state index is 0.630. The van der Waals surface area contributed by atoms with Crippen molar-refractivity contribution in [2.24, 2.45) is 0 Å². The van der Waals surface area contributed by atoms with Gasteiger partial charge in [0.1, 0.15) is 0 Å². The van der Waals surface area contributed by atoms with Crippen LogP contribution in [-0.2, 0) is 0 Å². The molecule has 0 saturated heterocycles. The summed E-state index contributed by atoms with van der Waals surface area (Å²) in [6, 6.07) is 9.69. The average molecular weight is 146 g/mol. The van der Waals surface area contributed by atoms with Crippen molar-refractivity contribution in [3.8, 4) is 11.4 Å². The zero-order valence-corrected chi connectivity index (χ0v) is 5.77. The molecule has 1 aromatic carbocycles. The monoisotopic (exact) mass is 146 g/mol. The normalized spacial score (nSPS) is 9.82. The Morgan fingerprint density at radius 1 is 1.09 bits per heavy atom. The van der Waals surface area contributed by atoms with Gasteiger partial charge in [0.15, 0.2) is 0 Å². The van der Waals surface area contributed by atoms with Gasteiger partial charge in [0, 0.05) is 5.56 Å². The van der Waals surface area contributed by atoms with E-state index in [2.05, 4.69) is 14.7 Å². The zero-order valence-electron chi connectivity index (χ0n) is 5.77. The highest BCUT2D eigenvalue weighted by Gasteiger charge is 1.98. The zero-order chi connectivity index (χ0) is 7.52. The molecule has 0 radical (unpaired) electrons. The van der Waals surface area contributed by atoms with Crippen LogP contribution < -0.4 is 0 Å². The third-order valence-electron chi connectivity index (χ3n) is 1.39. The second-order valence-electron chi connectivity index (χ2n) is 2.12. The first-order chi connectivity index (χ1) is 5.47. The maximum absolute atomic E-state index is 4.61. The predicted molar refractivity (Wildman–Crippen MR) is 39.7 cm³/mol. The van der Waals surface area contributed by atoms with Crippen molar-refractivity contribution in [1.29, 1.82) is 0 Å². The minimum atomic E-state index is 0.630. The van der Waals surface area contributed by atoms with Crippen molar-refractivity contribution in [1.82, 2.24) is 10.1 Å². The van der Waals surface area contributed by atoms with E-state index in [9.17, 15) is 0 Å². The largest absolute Gasteiger partial charge is 0.342 e. The summed E-state index contributed by atoms with van der Waals surface area (Å²) in [7, 11) is 0. The molecule has 0 atom stereocenters. The highest BCUT2D eigenvalue weighted by atomic mass is 16.5. The number of rotatable bonds is 1. The van der Waals surface area contributed by atoms with Crippen LogP contribution in [-0.4, -0.2) is 10.1 Å². The van der Waals surface area contributed by atoms with Crippen LogP contribution in [0.15, 0.2) is 41.2 Å². The molecule has 0 spiro atoms. The summed E-state index contributed by atoms with van der Waals surface area (Å²) in [6.07, 6.45) is 1.32. The number of hydrogen-bond acceptors (Lipinski definition) is 3. The Kier molecular flexibility index (Phi) is 1.41. The van der Waals surface area contributed by atoms with Crippen molar-refractivity contribution in [2.45, 2.75) is 0 Å². The Bertz CT molecular complexity index is 315. The van der Waals surface area contributed by atoms with Gasteiger partial charge in [-0.15, -0.1) is 0 Å². The summed E-state index contributed by atoms with van der Waals surface area (Å²) in [5, 5.41) is 3.70. The molecule has 54 valence electrons. The van der Waals surface area contributed by atoms with Gasteiger partial charge in [-0.05, 0) is 0 Å². The molecule has 0 saturated carbocycles. The standard InChI is InChI=1S/C8H6N2O/c1-2-4-7(5-3-1)8-9-6-11-10-8/h1-6H. The Morgan fingerprint density at radius 2 is 1.91 bits per heavy atom. The van der Waals surface area contributed by atoms with Gasteiger partial charge in [-0.1, -0.05) is 35.5 Å². The predicted octanol–water partition coefficient (Wildman–Crippen LogP) is 1.74. The molecular weight excluding hydrogens is 140 g/mol. The van der Waals surface area contributed by atoms with Crippen LogP contribution in [0.1, 0.15) is 0 Å². The van der Waals surface area contributed by atoms with E-state index in [1.54, 1.807) is 0 Å². The van der Waals surface area contributed by atoms with Crippen molar-refractivity contribution in [2.75, 3.05) is 0 Å². The lowest BCUT2D eigenvalue weighted by Crippen LogP contribution is -1.77. The average Bonchev–Trinajstić information content (AvgIpc) is 2.58.